The zero-order valence-electron chi connectivity index (χ0n) is 17.1. The molecule has 4 rings (SSSR count). The summed E-state index contributed by atoms with van der Waals surface area (Å²) in [5.41, 5.74) is 6.26. The Morgan fingerprint density at radius 2 is 1.88 bits per heavy atom. The summed E-state index contributed by atoms with van der Waals surface area (Å²) in [6.45, 7) is 1.49. The number of thiophene rings is 2. The number of hydrogen-bond acceptors (Lipinski definition) is 6. The number of benzene rings is 1. The van der Waals surface area contributed by atoms with E-state index in [1.807, 2.05) is 17.5 Å². The maximum absolute atomic E-state index is 13.1. The molecule has 3 heterocycles. The molecular formula is C23H16F3N3O2S2. The number of aromatic nitrogens is 1. The first-order valence-corrected chi connectivity index (χ1v) is 11.3. The number of alkyl halides is 3. The number of carbonyl (C=O) groups is 2. The van der Waals surface area contributed by atoms with Gasteiger partial charge in [-0.2, -0.15) is 13.2 Å². The second-order valence-electron chi connectivity index (χ2n) is 7.09. The van der Waals surface area contributed by atoms with Crippen molar-refractivity contribution in [2.75, 3.05) is 11.1 Å². The number of carbonyl (C=O) groups excluding carboxylic acids is 2. The summed E-state index contributed by atoms with van der Waals surface area (Å²) in [6, 6.07) is 11.0. The summed E-state index contributed by atoms with van der Waals surface area (Å²) < 4.78 is 39.2. The standard InChI is InChI=1S/C23H16F3N3O2S2/c1-12-11-17(23(24,25)26)29-22-18(12)19(27)20(33-22)21(31)28-14-6-4-13(5-7-14)16(30)9-8-15-3-2-10-32-15/h2-11H,27H2,1H3,(H,28,31). The summed E-state index contributed by atoms with van der Waals surface area (Å²) in [5.74, 6) is -0.753. The zero-order chi connectivity index (χ0) is 23.8. The fourth-order valence-corrected chi connectivity index (χ4v) is 4.85. The van der Waals surface area contributed by atoms with Crippen molar-refractivity contribution in [2.45, 2.75) is 13.1 Å². The van der Waals surface area contributed by atoms with E-state index >= 15 is 0 Å². The lowest BCUT2D eigenvalue weighted by atomic mass is 10.1. The summed E-state index contributed by atoms with van der Waals surface area (Å²) in [4.78, 5) is 29.7. The van der Waals surface area contributed by atoms with Crippen LogP contribution in [0.5, 0.6) is 0 Å². The highest BCUT2D eigenvalue weighted by atomic mass is 32.1. The molecule has 0 aliphatic rings. The van der Waals surface area contributed by atoms with Crippen molar-refractivity contribution < 1.29 is 22.8 Å². The van der Waals surface area contributed by atoms with Gasteiger partial charge in [0, 0.05) is 21.5 Å². The number of allylic oxidation sites excluding steroid dienone is 1. The van der Waals surface area contributed by atoms with Gasteiger partial charge in [-0.3, -0.25) is 9.59 Å². The summed E-state index contributed by atoms with van der Waals surface area (Å²) in [7, 11) is 0. The third-order valence-corrected chi connectivity index (χ3v) is 6.70. The number of halogens is 3. The summed E-state index contributed by atoms with van der Waals surface area (Å²) in [5, 5.41) is 4.90. The Bertz CT molecular complexity index is 1370. The minimum absolute atomic E-state index is 0.0449. The quantitative estimate of drug-likeness (QED) is 0.251. The van der Waals surface area contributed by atoms with Crippen LogP contribution in [-0.4, -0.2) is 16.7 Å². The van der Waals surface area contributed by atoms with Crippen LogP contribution in [0.1, 0.15) is 36.2 Å². The Kier molecular flexibility index (Phi) is 6.05. The first kappa shape index (κ1) is 22.7. The van der Waals surface area contributed by atoms with Gasteiger partial charge >= 0.3 is 6.18 Å². The van der Waals surface area contributed by atoms with Crippen molar-refractivity contribution in [3.63, 3.8) is 0 Å². The minimum Gasteiger partial charge on any atom is -0.397 e. The third-order valence-electron chi connectivity index (χ3n) is 4.76. The van der Waals surface area contributed by atoms with Crippen LogP contribution in [0, 0.1) is 6.92 Å². The molecule has 0 unspecified atom stereocenters. The van der Waals surface area contributed by atoms with Gasteiger partial charge in [0.05, 0.1) is 5.69 Å². The highest BCUT2D eigenvalue weighted by molar-refractivity contribution is 7.21. The van der Waals surface area contributed by atoms with Crippen molar-refractivity contribution >= 4 is 62.0 Å². The number of aryl methyl sites for hydroxylation is 1. The van der Waals surface area contributed by atoms with E-state index in [1.165, 1.54) is 24.3 Å². The summed E-state index contributed by atoms with van der Waals surface area (Å²) >= 11 is 2.32. The molecule has 0 radical (unpaired) electrons. The van der Waals surface area contributed by atoms with Crippen molar-refractivity contribution in [1.29, 1.82) is 0 Å². The Hall–Kier alpha value is -3.50. The molecule has 0 aliphatic heterocycles. The van der Waals surface area contributed by atoms with E-state index in [1.54, 1.807) is 30.3 Å². The predicted molar refractivity (Wildman–Crippen MR) is 126 cm³/mol. The maximum atomic E-state index is 13.1. The van der Waals surface area contributed by atoms with Crippen LogP contribution in [0.15, 0.2) is 53.9 Å². The van der Waals surface area contributed by atoms with E-state index in [4.69, 9.17) is 5.73 Å². The van der Waals surface area contributed by atoms with Crippen LogP contribution >= 0.6 is 22.7 Å². The number of nitrogen functional groups attached to an aromatic ring is 1. The molecule has 3 aromatic heterocycles. The minimum atomic E-state index is -4.60. The molecule has 0 atom stereocenters. The largest absolute Gasteiger partial charge is 0.433 e. The van der Waals surface area contributed by atoms with Crippen molar-refractivity contribution in [2.24, 2.45) is 0 Å². The number of hydrogen-bond donors (Lipinski definition) is 2. The van der Waals surface area contributed by atoms with E-state index < -0.39 is 17.8 Å². The number of fused-ring (bicyclic) bond motifs is 1. The molecule has 0 spiro atoms. The van der Waals surface area contributed by atoms with Gasteiger partial charge in [0.15, 0.2) is 5.78 Å². The fourth-order valence-electron chi connectivity index (χ4n) is 3.17. The predicted octanol–water partition coefficient (Wildman–Crippen LogP) is 6.42. The number of ketones is 1. The molecular weight excluding hydrogens is 471 g/mol. The topological polar surface area (TPSA) is 85.1 Å². The van der Waals surface area contributed by atoms with E-state index in [-0.39, 0.29) is 21.2 Å². The Balaban J connectivity index is 1.53. The molecule has 1 aromatic carbocycles. The number of rotatable bonds is 5. The molecule has 33 heavy (non-hydrogen) atoms. The van der Waals surface area contributed by atoms with E-state index in [2.05, 4.69) is 10.3 Å². The lowest BCUT2D eigenvalue weighted by molar-refractivity contribution is -0.141. The molecule has 168 valence electrons. The van der Waals surface area contributed by atoms with Crippen molar-refractivity contribution in [3.8, 4) is 0 Å². The number of anilines is 2. The number of nitrogens with one attached hydrogen (secondary N) is 1. The van der Waals surface area contributed by atoms with Crippen LogP contribution < -0.4 is 11.1 Å². The highest BCUT2D eigenvalue weighted by Gasteiger charge is 2.34. The number of pyridine rings is 1. The first-order chi connectivity index (χ1) is 15.6. The summed E-state index contributed by atoms with van der Waals surface area (Å²) in [6.07, 6.45) is -1.40. The lowest BCUT2D eigenvalue weighted by Crippen LogP contribution is -2.12. The average Bonchev–Trinajstić information content (AvgIpc) is 3.40. The van der Waals surface area contributed by atoms with Gasteiger partial charge in [-0.05, 0) is 66.4 Å². The fraction of sp³-hybridized carbons (Fsp3) is 0.0870. The zero-order valence-corrected chi connectivity index (χ0v) is 18.7. The van der Waals surface area contributed by atoms with Gasteiger partial charge < -0.3 is 11.1 Å². The molecule has 0 fully saturated rings. The number of nitrogens with two attached hydrogens (primary N) is 1. The van der Waals surface area contributed by atoms with Crippen molar-refractivity contribution in [1.82, 2.24) is 4.98 Å². The van der Waals surface area contributed by atoms with Crippen LogP contribution in [0.2, 0.25) is 0 Å². The molecule has 1 amide bonds. The van der Waals surface area contributed by atoms with Crippen molar-refractivity contribution in [3.05, 3.63) is 80.5 Å². The van der Waals surface area contributed by atoms with Gasteiger partial charge in [0.25, 0.3) is 5.91 Å². The van der Waals surface area contributed by atoms with Gasteiger partial charge in [-0.1, -0.05) is 6.07 Å². The molecule has 10 heteroatoms. The van der Waals surface area contributed by atoms with Crippen LogP contribution in [0.4, 0.5) is 24.5 Å². The second-order valence-corrected chi connectivity index (χ2v) is 9.07. The van der Waals surface area contributed by atoms with Crippen LogP contribution in [0.3, 0.4) is 0 Å². The van der Waals surface area contributed by atoms with E-state index in [0.717, 1.165) is 22.3 Å². The monoisotopic (exact) mass is 487 g/mol. The molecule has 0 bridgehead atoms. The van der Waals surface area contributed by atoms with Gasteiger partial charge in [-0.25, -0.2) is 4.98 Å². The Morgan fingerprint density at radius 3 is 2.52 bits per heavy atom. The Labute approximate surface area is 194 Å². The molecule has 4 aromatic rings. The van der Waals surface area contributed by atoms with Gasteiger partial charge in [0.2, 0.25) is 0 Å². The molecule has 0 saturated carbocycles. The van der Waals surface area contributed by atoms with Crippen LogP contribution in [0.25, 0.3) is 16.3 Å². The first-order valence-electron chi connectivity index (χ1n) is 9.57. The van der Waals surface area contributed by atoms with E-state index in [0.29, 0.717) is 22.2 Å². The highest BCUT2D eigenvalue weighted by Crippen LogP contribution is 2.38. The second kappa shape index (κ2) is 8.80. The number of nitrogens with zero attached hydrogens (tertiary/aromatic N) is 1. The van der Waals surface area contributed by atoms with E-state index in [9.17, 15) is 22.8 Å². The average molecular weight is 488 g/mol. The molecule has 0 aliphatic carbocycles. The normalized spacial score (nSPS) is 11.9. The molecule has 3 N–H and O–H groups in total. The van der Waals surface area contributed by atoms with Crippen LogP contribution in [-0.2, 0) is 6.18 Å². The van der Waals surface area contributed by atoms with Gasteiger partial charge in [0.1, 0.15) is 15.4 Å². The third kappa shape index (κ3) is 4.81. The SMILES string of the molecule is Cc1cc(C(F)(F)F)nc2sc(C(=O)Nc3ccc(C(=O)C=Cc4cccs4)cc3)c(N)c12. The maximum Gasteiger partial charge on any atom is 0.433 e. The lowest BCUT2D eigenvalue weighted by Gasteiger charge is -2.07. The smallest absolute Gasteiger partial charge is 0.397 e. The number of amides is 1. The Morgan fingerprint density at radius 1 is 1.15 bits per heavy atom. The van der Waals surface area contributed by atoms with Gasteiger partial charge in [-0.15, -0.1) is 22.7 Å². The molecule has 5 nitrogen and oxygen atoms in total. The molecule has 0 saturated heterocycles.